The third-order valence-corrected chi connectivity index (χ3v) is 1.70. The summed E-state index contributed by atoms with van der Waals surface area (Å²) >= 11 is 0. The zero-order valence-corrected chi connectivity index (χ0v) is 8.56. The Balaban J connectivity index is 2.39. The zero-order chi connectivity index (χ0) is 10.4. The molecular formula is C11H16O3. The summed E-state index contributed by atoms with van der Waals surface area (Å²) in [7, 11) is 0. The second-order valence-electron chi connectivity index (χ2n) is 3.05. The van der Waals surface area contributed by atoms with Gasteiger partial charge >= 0.3 is 0 Å². The van der Waals surface area contributed by atoms with Crippen molar-refractivity contribution in [2.75, 3.05) is 6.61 Å². The van der Waals surface area contributed by atoms with Crippen LogP contribution in [-0.2, 0) is 4.74 Å². The molecule has 14 heavy (non-hydrogen) atoms. The number of aromatic hydroxyl groups is 1. The molecule has 0 fully saturated rings. The Bertz CT molecular complexity index is 256. The van der Waals surface area contributed by atoms with Crippen LogP contribution < -0.4 is 4.74 Å². The summed E-state index contributed by atoms with van der Waals surface area (Å²) in [5, 5.41) is 9.05. The number of rotatable bonds is 5. The van der Waals surface area contributed by atoms with E-state index in [1.165, 1.54) is 0 Å². The molecule has 0 aliphatic carbocycles. The maximum atomic E-state index is 9.05. The molecule has 1 unspecified atom stereocenters. The van der Waals surface area contributed by atoms with Crippen LogP contribution in [-0.4, -0.2) is 18.0 Å². The molecule has 1 atom stereocenters. The summed E-state index contributed by atoms with van der Waals surface area (Å²) in [5.41, 5.74) is 0. The van der Waals surface area contributed by atoms with Crippen LogP contribution in [0.1, 0.15) is 20.3 Å². The second kappa shape index (κ2) is 5.50. The quantitative estimate of drug-likeness (QED) is 0.735. The van der Waals surface area contributed by atoms with Gasteiger partial charge in [0.2, 0.25) is 0 Å². The van der Waals surface area contributed by atoms with E-state index >= 15 is 0 Å². The molecule has 0 saturated carbocycles. The van der Waals surface area contributed by atoms with Gasteiger partial charge in [0, 0.05) is 0 Å². The fourth-order valence-electron chi connectivity index (χ4n) is 1.03. The van der Waals surface area contributed by atoms with Crippen molar-refractivity contribution in [2.24, 2.45) is 0 Å². The van der Waals surface area contributed by atoms with E-state index in [1.807, 2.05) is 13.8 Å². The molecule has 1 N–H and O–H groups in total. The lowest BCUT2D eigenvalue weighted by Gasteiger charge is -2.14. The Labute approximate surface area is 84.3 Å². The van der Waals surface area contributed by atoms with Gasteiger partial charge in [0.05, 0.1) is 6.61 Å². The highest BCUT2D eigenvalue weighted by atomic mass is 16.7. The first kappa shape index (κ1) is 10.9. The van der Waals surface area contributed by atoms with E-state index in [4.69, 9.17) is 14.6 Å². The highest BCUT2D eigenvalue weighted by Crippen LogP contribution is 2.17. The molecule has 0 saturated heterocycles. The highest BCUT2D eigenvalue weighted by Gasteiger charge is 2.02. The Hall–Kier alpha value is -1.22. The van der Waals surface area contributed by atoms with Crippen molar-refractivity contribution in [3.05, 3.63) is 24.3 Å². The van der Waals surface area contributed by atoms with Crippen molar-refractivity contribution in [1.82, 2.24) is 0 Å². The standard InChI is InChI=1S/C11H16O3/c1-3-8-13-9(2)14-11-6-4-10(12)5-7-11/h4-7,9,12H,3,8H2,1-2H3. The Morgan fingerprint density at radius 3 is 2.50 bits per heavy atom. The predicted molar refractivity (Wildman–Crippen MR) is 54.4 cm³/mol. The molecule has 0 heterocycles. The molecule has 1 rings (SSSR count). The van der Waals surface area contributed by atoms with Crippen molar-refractivity contribution < 1.29 is 14.6 Å². The molecule has 1 aromatic rings. The summed E-state index contributed by atoms with van der Waals surface area (Å²) in [4.78, 5) is 0. The molecule has 0 amide bonds. The van der Waals surface area contributed by atoms with E-state index in [2.05, 4.69) is 0 Å². The zero-order valence-electron chi connectivity index (χ0n) is 8.56. The predicted octanol–water partition coefficient (Wildman–Crippen LogP) is 2.54. The average Bonchev–Trinajstić information content (AvgIpc) is 2.18. The van der Waals surface area contributed by atoms with Crippen LogP contribution >= 0.6 is 0 Å². The van der Waals surface area contributed by atoms with Crippen LogP contribution in [0.2, 0.25) is 0 Å². The summed E-state index contributed by atoms with van der Waals surface area (Å²) in [6.07, 6.45) is 0.725. The number of phenolic OH excluding ortho intramolecular Hbond substituents is 1. The van der Waals surface area contributed by atoms with Gasteiger partial charge in [0.15, 0.2) is 6.29 Å². The Morgan fingerprint density at radius 1 is 1.29 bits per heavy atom. The highest BCUT2D eigenvalue weighted by molar-refractivity contribution is 5.30. The van der Waals surface area contributed by atoms with Gasteiger partial charge in [0.1, 0.15) is 11.5 Å². The van der Waals surface area contributed by atoms with Crippen molar-refractivity contribution in [3.63, 3.8) is 0 Å². The molecule has 0 spiro atoms. The van der Waals surface area contributed by atoms with Gasteiger partial charge in [0.25, 0.3) is 0 Å². The van der Waals surface area contributed by atoms with Gasteiger partial charge in [-0.15, -0.1) is 0 Å². The van der Waals surface area contributed by atoms with Crippen molar-refractivity contribution in [2.45, 2.75) is 26.6 Å². The first-order valence-corrected chi connectivity index (χ1v) is 4.79. The van der Waals surface area contributed by atoms with Gasteiger partial charge in [-0.25, -0.2) is 0 Å². The van der Waals surface area contributed by atoms with Gasteiger partial charge in [-0.2, -0.15) is 0 Å². The van der Waals surface area contributed by atoms with Crippen LogP contribution in [0.4, 0.5) is 0 Å². The second-order valence-corrected chi connectivity index (χ2v) is 3.05. The van der Waals surface area contributed by atoms with E-state index in [0.29, 0.717) is 12.4 Å². The van der Waals surface area contributed by atoms with E-state index in [-0.39, 0.29) is 12.0 Å². The minimum atomic E-state index is -0.250. The summed E-state index contributed by atoms with van der Waals surface area (Å²) in [5.74, 6) is 0.936. The van der Waals surface area contributed by atoms with Gasteiger partial charge < -0.3 is 14.6 Å². The summed E-state index contributed by atoms with van der Waals surface area (Å²) in [6.45, 7) is 4.59. The maximum absolute atomic E-state index is 9.05. The number of hydrogen-bond acceptors (Lipinski definition) is 3. The molecule has 0 aliphatic heterocycles. The van der Waals surface area contributed by atoms with Gasteiger partial charge in [-0.3, -0.25) is 0 Å². The van der Waals surface area contributed by atoms with Crippen LogP contribution in [0.15, 0.2) is 24.3 Å². The van der Waals surface area contributed by atoms with Crippen LogP contribution in [0.3, 0.4) is 0 Å². The normalized spacial score (nSPS) is 12.4. The van der Waals surface area contributed by atoms with E-state index in [9.17, 15) is 0 Å². The van der Waals surface area contributed by atoms with Crippen LogP contribution in [0.5, 0.6) is 11.5 Å². The third-order valence-electron chi connectivity index (χ3n) is 1.70. The van der Waals surface area contributed by atoms with Gasteiger partial charge in [-0.1, -0.05) is 6.92 Å². The number of phenols is 1. The molecule has 78 valence electrons. The van der Waals surface area contributed by atoms with E-state index < -0.39 is 0 Å². The lowest BCUT2D eigenvalue weighted by Crippen LogP contribution is -2.16. The average molecular weight is 196 g/mol. The molecule has 1 aromatic carbocycles. The monoisotopic (exact) mass is 196 g/mol. The molecule has 0 aliphatic rings. The Kier molecular flexibility index (Phi) is 4.26. The molecular weight excluding hydrogens is 180 g/mol. The number of benzene rings is 1. The molecule has 3 nitrogen and oxygen atoms in total. The van der Waals surface area contributed by atoms with Gasteiger partial charge in [-0.05, 0) is 37.6 Å². The molecule has 0 aromatic heterocycles. The van der Waals surface area contributed by atoms with E-state index in [0.717, 1.165) is 6.42 Å². The Morgan fingerprint density at radius 2 is 1.93 bits per heavy atom. The first-order chi connectivity index (χ1) is 6.72. The van der Waals surface area contributed by atoms with Crippen molar-refractivity contribution in [3.8, 4) is 11.5 Å². The minimum absolute atomic E-state index is 0.236. The summed E-state index contributed by atoms with van der Waals surface area (Å²) < 4.78 is 10.8. The molecule has 0 radical (unpaired) electrons. The smallest absolute Gasteiger partial charge is 0.196 e. The third kappa shape index (κ3) is 3.66. The van der Waals surface area contributed by atoms with Crippen LogP contribution in [0.25, 0.3) is 0 Å². The fourth-order valence-corrected chi connectivity index (χ4v) is 1.03. The van der Waals surface area contributed by atoms with Crippen LogP contribution in [0, 0.1) is 0 Å². The number of ether oxygens (including phenoxy) is 2. The SMILES string of the molecule is CCCOC(C)Oc1ccc(O)cc1. The molecule has 3 heteroatoms. The largest absolute Gasteiger partial charge is 0.508 e. The molecule has 0 bridgehead atoms. The lowest BCUT2D eigenvalue weighted by atomic mass is 10.3. The van der Waals surface area contributed by atoms with Crippen molar-refractivity contribution in [1.29, 1.82) is 0 Å². The maximum Gasteiger partial charge on any atom is 0.196 e. The van der Waals surface area contributed by atoms with E-state index in [1.54, 1.807) is 24.3 Å². The first-order valence-electron chi connectivity index (χ1n) is 4.79. The summed E-state index contributed by atoms with van der Waals surface area (Å²) in [6, 6.07) is 6.59. The fraction of sp³-hybridized carbons (Fsp3) is 0.455. The topological polar surface area (TPSA) is 38.7 Å². The van der Waals surface area contributed by atoms with Crippen molar-refractivity contribution >= 4 is 0 Å². The lowest BCUT2D eigenvalue weighted by molar-refractivity contribution is -0.0663. The number of hydrogen-bond donors (Lipinski definition) is 1. The minimum Gasteiger partial charge on any atom is -0.508 e.